The molecular formula is C20H21N3O4. The highest BCUT2D eigenvalue weighted by Gasteiger charge is 2.36. The second-order valence-electron chi connectivity index (χ2n) is 6.89. The number of aryl methyl sites for hydroxylation is 3. The van der Waals surface area contributed by atoms with Gasteiger partial charge in [-0.2, -0.15) is 0 Å². The highest BCUT2D eigenvalue weighted by atomic mass is 16.6. The van der Waals surface area contributed by atoms with Gasteiger partial charge >= 0.3 is 0 Å². The van der Waals surface area contributed by atoms with E-state index in [1.807, 2.05) is 32.0 Å². The van der Waals surface area contributed by atoms with E-state index in [2.05, 4.69) is 5.32 Å². The van der Waals surface area contributed by atoms with E-state index < -0.39 is 10.8 Å². The number of amides is 2. The molecule has 7 nitrogen and oxygen atoms in total. The summed E-state index contributed by atoms with van der Waals surface area (Å²) in [6.45, 7) is 5.69. The normalized spacial score (nSPS) is 16.5. The molecule has 0 aromatic heterocycles. The van der Waals surface area contributed by atoms with Gasteiger partial charge in [0.05, 0.1) is 16.5 Å². The molecule has 27 heavy (non-hydrogen) atoms. The summed E-state index contributed by atoms with van der Waals surface area (Å²) < 4.78 is 0. The summed E-state index contributed by atoms with van der Waals surface area (Å²) in [6.07, 6.45) is 0.0818. The zero-order chi connectivity index (χ0) is 19.7. The van der Waals surface area contributed by atoms with Crippen LogP contribution in [0.4, 0.5) is 17.1 Å². The summed E-state index contributed by atoms with van der Waals surface area (Å²) in [5, 5.41) is 14.1. The van der Waals surface area contributed by atoms with Gasteiger partial charge in [-0.1, -0.05) is 24.3 Å². The minimum Gasteiger partial charge on any atom is -0.325 e. The Hall–Kier alpha value is -3.22. The largest absolute Gasteiger partial charge is 0.325 e. The Morgan fingerprint density at radius 3 is 2.44 bits per heavy atom. The zero-order valence-corrected chi connectivity index (χ0v) is 15.5. The van der Waals surface area contributed by atoms with Gasteiger partial charge in [0.25, 0.3) is 5.69 Å². The molecule has 0 radical (unpaired) electrons. The van der Waals surface area contributed by atoms with E-state index in [4.69, 9.17) is 0 Å². The third kappa shape index (κ3) is 3.67. The number of carbonyl (C=O) groups is 2. The van der Waals surface area contributed by atoms with Gasteiger partial charge in [0.15, 0.2) is 0 Å². The Morgan fingerprint density at radius 2 is 1.81 bits per heavy atom. The Balaban J connectivity index is 1.78. The van der Waals surface area contributed by atoms with Gasteiger partial charge in [-0.3, -0.25) is 19.7 Å². The molecule has 0 bridgehead atoms. The van der Waals surface area contributed by atoms with Crippen LogP contribution in [-0.2, 0) is 9.59 Å². The first-order valence-electron chi connectivity index (χ1n) is 8.70. The molecule has 0 unspecified atom stereocenters. The molecule has 1 aliphatic rings. The monoisotopic (exact) mass is 367 g/mol. The number of hydrogen-bond acceptors (Lipinski definition) is 4. The molecule has 3 rings (SSSR count). The van der Waals surface area contributed by atoms with Crippen molar-refractivity contribution in [1.29, 1.82) is 0 Å². The Kier molecular flexibility index (Phi) is 4.94. The zero-order valence-electron chi connectivity index (χ0n) is 15.5. The number of benzene rings is 2. The van der Waals surface area contributed by atoms with Crippen LogP contribution in [-0.4, -0.2) is 23.3 Å². The molecule has 0 spiro atoms. The first-order chi connectivity index (χ1) is 12.8. The minimum atomic E-state index is -0.503. The number of rotatable bonds is 4. The van der Waals surface area contributed by atoms with E-state index in [0.717, 1.165) is 16.8 Å². The molecule has 1 N–H and O–H groups in total. The van der Waals surface area contributed by atoms with E-state index in [1.165, 1.54) is 11.0 Å². The quantitative estimate of drug-likeness (QED) is 0.661. The van der Waals surface area contributed by atoms with Gasteiger partial charge in [-0.25, -0.2) is 0 Å². The minimum absolute atomic E-state index is 0.0382. The number of nitrogens with zero attached hydrogens (tertiary/aromatic N) is 2. The van der Waals surface area contributed by atoms with Gasteiger partial charge < -0.3 is 10.2 Å². The van der Waals surface area contributed by atoms with Crippen molar-refractivity contribution in [1.82, 2.24) is 0 Å². The molecule has 0 saturated carbocycles. The number of nitro benzene ring substituents is 1. The third-order valence-electron chi connectivity index (χ3n) is 4.93. The summed E-state index contributed by atoms with van der Waals surface area (Å²) in [4.78, 5) is 37.2. The lowest BCUT2D eigenvalue weighted by Crippen LogP contribution is -2.28. The van der Waals surface area contributed by atoms with Crippen molar-refractivity contribution in [3.05, 3.63) is 63.2 Å². The van der Waals surface area contributed by atoms with Crippen LogP contribution in [0, 0.1) is 36.8 Å². The molecular weight excluding hydrogens is 346 g/mol. The lowest BCUT2D eigenvalue weighted by atomic mass is 10.1. The SMILES string of the molecule is Cc1ccc(N2C[C@@H](C(=O)Nc3c(C)cccc3C)CC2=O)cc1[N+](=O)[O-]. The molecule has 2 amide bonds. The summed E-state index contributed by atoms with van der Waals surface area (Å²) in [6, 6.07) is 10.4. The number of hydrogen-bond donors (Lipinski definition) is 1. The van der Waals surface area contributed by atoms with Crippen LogP contribution in [0.3, 0.4) is 0 Å². The van der Waals surface area contributed by atoms with Gasteiger partial charge in [0.2, 0.25) is 11.8 Å². The maximum absolute atomic E-state index is 12.7. The molecule has 7 heteroatoms. The molecule has 2 aromatic rings. The van der Waals surface area contributed by atoms with E-state index in [1.54, 1.807) is 19.1 Å². The van der Waals surface area contributed by atoms with Crippen LogP contribution in [0.2, 0.25) is 0 Å². The summed E-state index contributed by atoms with van der Waals surface area (Å²) >= 11 is 0. The number of nitrogens with one attached hydrogen (secondary N) is 1. The van der Waals surface area contributed by atoms with Crippen LogP contribution in [0.15, 0.2) is 36.4 Å². The number of nitro groups is 1. The maximum Gasteiger partial charge on any atom is 0.274 e. The first kappa shape index (κ1) is 18.6. The molecule has 140 valence electrons. The topological polar surface area (TPSA) is 92.6 Å². The van der Waals surface area contributed by atoms with Crippen molar-refractivity contribution in [2.45, 2.75) is 27.2 Å². The number of anilines is 2. The van der Waals surface area contributed by atoms with Crippen molar-refractivity contribution < 1.29 is 14.5 Å². The maximum atomic E-state index is 12.7. The fourth-order valence-electron chi connectivity index (χ4n) is 3.33. The highest BCUT2D eigenvalue weighted by Crippen LogP contribution is 2.31. The van der Waals surface area contributed by atoms with Gasteiger partial charge in [-0.15, -0.1) is 0 Å². The predicted octanol–water partition coefficient (Wildman–Crippen LogP) is 3.51. The Labute approximate surface area is 157 Å². The van der Waals surface area contributed by atoms with Crippen molar-refractivity contribution in [2.75, 3.05) is 16.8 Å². The van der Waals surface area contributed by atoms with Crippen molar-refractivity contribution >= 4 is 28.9 Å². The van der Waals surface area contributed by atoms with Crippen LogP contribution in [0.25, 0.3) is 0 Å². The lowest BCUT2D eigenvalue weighted by molar-refractivity contribution is -0.385. The number of para-hydroxylation sites is 1. The standard InChI is InChI=1S/C20H21N3O4/c1-12-7-8-16(10-17(12)23(26)27)22-11-15(9-18(22)24)20(25)21-19-13(2)5-4-6-14(19)3/h4-8,10,15H,9,11H2,1-3H3,(H,21,25)/t15-/m0/s1. The Bertz CT molecular complexity index is 919. The smallest absolute Gasteiger partial charge is 0.274 e. The Morgan fingerprint density at radius 1 is 1.15 bits per heavy atom. The second-order valence-corrected chi connectivity index (χ2v) is 6.89. The van der Waals surface area contributed by atoms with Crippen LogP contribution >= 0.6 is 0 Å². The van der Waals surface area contributed by atoms with Crippen LogP contribution in [0.5, 0.6) is 0 Å². The van der Waals surface area contributed by atoms with E-state index in [0.29, 0.717) is 11.3 Å². The van der Waals surface area contributed by atoms with Crippen LogP contribution < -0.4 is 10.2 Å². The summed E-state index contributed by atoms with van der Waals surface area (Å²) in [5.74, 6) is -0.934. The molecule has 0 aliphatic carbocycles. The lowest BCUT2D eigenvalue weighted by Gasteiger charge is -2.18. The molecule has 1 saturated heterocycles. The van der Waals surface area contributed by atoms with Gasteiger partial charge in [-0.05, 0) is 38.0 Å². The van der Waals surface area contributed by atoms with Crippen molar-refractivity contribution in [2.24, 2.45) is 5.92 Å². The molecule has 1 heterocycles. The second kappa shape index (κ2) is 7.19. The summed E-state index contributed by atoms with van der Waals surface area (Å²) in [7, 11) is 0. The molecule has 1 atom stereocenters. The third-order valence-corrected chi connectivity index (χ3v) is 4.93. The highest BCUT2D eigenvalue weighted by molar-refractivity contribution is 6.04. The molecule has 1 aliphatic heterocycles. The fourth-order valence-corrected chi connectivity index (χ4v) is 3.33. The fraction of sp³-hybridized carbons (Fsp3) is 0.300. The predicted molar refractivity (Wildman–Crippen MR) is 103 cm³/mol. The first-order valence-corrected chi connectivity index (χ1v) is 8.70. The average Bonchev–Trinajstić information content (AvgIpc) is 3.00. The number of carbonyl (C=O) groups excluding carboxylic acids is 2. The van der Waals surface area contributed by atoms with Crippen molar-refractivity contribution in [3.63, 3.8) is 0 Å². The molecule has 1 fully saturated rings. The van der Waals surface area contributed by atoms with E-state index in [9.17, 15) is 19.7 Å². The van der Waals surface area contributed by atoms with Gasteiger partial charge in [0.1, 0.15) is 0 Å². The van der Waals surface area contributed by atoms with E-state index >= 15 is 0 Å². The molecule has 2 aromatic carbocycles. The van der Waals surface area contributed by atoms with Crippen LogP contribution in [0.1, 0.15) is 23.1 Å². The van der Waals surface area contributed by atoms with Gasteiger partial charge in [0, 0.05) is 30.3 Å². The van der Waals surface area contributed by atoms with Crippen molar-refractivity contribution in [3.8, 4) is 0 Å². The average molecular weight is 367 g/mol. The summed E-state index contributed by atoms with van der Waals surface area (Å²) in [5.41, 5.74) is 3.61. The van der Waals surface area contributed by atoms with E-state index in [-0.39, 0.29) is 30.5 Å².